The van der Waals surface area contributed by atoms with E-state index in [2.05, 4.69) is 14.8 Å². The van der Waals surface area contributed by atoms with Crippen LogP contribution in [0.4, 0.5) is 24.5 Å². The smallest absolute Gasteiger partial charge is 0.390 e. The number of piperazine rings is 1. The lowest BCUT2D eigenvalue weighted by molar-refractivity contribution is -0.137. The average molecular weight is 511 g/mol. The molecule has 0 saturated carbocycles. The van der Waals surface area contributed by atoms with E-state index in [9.17, 15) is 18.3 Å². The first-order valence-electron chi connectivity index (χ1n) is 11.0. The Bertz CT molecular complexity index is 1200. The molecule has 0 aliphatic carbocycles. The Kier molecular flexibility index (Phi) is 6.27. The SMILES string of the molecule is OC1CN(c2ccnc3cc(C(F)(F)F)ccc23)CC1N1CCN(c2cccc(Cl)c2Cl)CC1. The zero-order valence-corrected chi connectivity index (χ0v) is 19.7. The molecule has 34 heavy (non-hydrogen) atoms. The second kappa shape index (κ2) is 9.07. The Labute approximate surface area is 205 Å². The van der Waals surface area contributed by atoms with Crippen LogP contribution in [0, 0.1) is 0 Å². The molecule has 2 fully saturated rings. The fourth-order valence-electron chi connectivity index (χ4n) is 4.94. The van der Waals surface area contributed by atoms with Crippen molar-refractivity contribution in [1.82, 2.24) is 9.88 Å². The first kappa shape index (κ1) is 23.5. The number of aromatic nitrogens is 1. The number of anilines is 2. The lowest BCUT2D eigenvalue weighted by Crippen LogP contribution is -2.53. The second-order valence-electron chi connectivity index (χ2n) is 8.70. The molecule has 1 N–H and O–H groups in total. The van der Waals surface area contributed by atoms with E-state index in [-0.39, 0.29) is 11.6 Å². The summed E-state index contributed by atoms with van der Waals surface area (Å²) in [5.41, 5.74) is 1.26. The monoisotopic (exact) mass is 510 g/mol. The van der Waals surface area contributed by atoms with Gasteiger partial charge in [0.15, 0.2) is 0 Å². The molecule has 10 heteroatoms. The minimum atomic E-state index is -4.42. The van der Waals surface area contributed by atoms with E-state index in [0.717, 1.165) is 49.7 Å². The van der Waals surface area contributed by atoms with Gasteiger partial charge in [-0.25, -0.2) is 0 Å². The van der Waals surface area contributed by atoms with Gasteiger partial charge in [-0.3, -0.25) is 9.88 Å². The molecule has 2 aromatic carbocycles. The number of pyridine rings is 1. The van der Waals surface area contributed by atoms with Crippen molar-refractivity contribution < 1.29 is 18.3 Å². The highest BCUT2D eigenvalue weighted by molar-refractivity contribution is 6.43. The summed E-state index contributed by atoms with van der Waals surface area (Å²) in [4.78, 5) is 10.6. The molecular formula is C24H23Cl2F3N4O. The van der Waals surface area contributed by atoms with E-state index in [1.165, 1.54) is 12.3 Å². The van der Waals surface area contributed by atoms with Crippen LogP contribution < -0.4 is 9.80 Å². The van der Waals surface area contributed by atoms with Crippen LogP contribution in [0.5, 0.6) is 0 Å². The normalized spacial score (nSPS) is 22.1. The van der Waals surface area contributed by atoms with Gasteiger partial charge in [0.1, 0.15) is 0 Å². The predicted octanol–water partition coefficient (Wildman–Crippen LogP) is 4.93. The Morgan fingerprint density at radius 3 is 2.41 bits per heavy atom. The van der Waals surface area contributed by atoms with Crippen LogP contribution in [0.15, 0.2) is 48.7 Å². The van der Waals surface area contributed by atoms with Crippen LogP contribution in [0.25, 0.3) is 10.9 Å². The standard InChI is InChI=1S/C24H23Cl2F3N4O/c25-17-2-1-3-20(23(17)26)31-8-10-32(11-9-31)21-13-33(14-22(21)34)19-6-7-30-18-12-15(24(27,28)29)4-5-16(18)19/h1-7,12,21-22,34H,8-11,13-14H2. The predicted molar refractivity (Wildman–Crippen MR) is 129 cm³/mol. The fourth-order valence-corrected chi connectivity index (χ4v) is 5.36. The van der Waals surface area contributed by atoms with E-state index in [0.29, 0.717) is 28.5 Å². The van der Waals surface area contributed by atoms with Crippen molar-refractivity contribution in [3.63, 3.8) is 0 Å². The number of aliphatic hydroxyl groups excluding tert-OH is 1. The largest absolute Gasteiger partial charge is 0.416 e. The van der Waals surface area contributed by atoms with Gasteiger partial charge in [-0.1, -0.05) is 35.3 Å². The van der Waals surface area contributed by atoms with Gasteiger partial charge in [-0.15, -0.1) is 0 Å². The van der Waals surface area contributed by atoms with Crippen molar-refractivity contribution in [1.29, 1.82) is 0 Å². The summed E-state index contributed by atoms with van der Waals surface area (Å²) in [5, 5.41) is 12.6. The number of benzene rings is 2. The Morgan fingerprint density at radius 2 is 1.68 bits per heavy atom. The molecular weight excluding hydrogens is 488 g/mol. The highest BCUT2D eigenvalue weighted by atomic mass is 35.5. The molecule has 3 heterocycles. The van der Waals surface area contributed by atoms with Crippen molar-refractivity contribution in [2.45, 2.75) is 18.3 Å². The highest BCUT2D eigenvalue weighted by Gasteiger charge is 2.38. The van der Waals surface area contributed by atoms with Gasteiger partial charge < -0.3 is 14.9 Å². The maximum absolute atomic E-state index is 13.1. The second-order valence-corrected chi connectivity index (χ2v) is 9.48. The highest BCUT2D eigenvalue weighted by Crippen LogP contribution is 2.36. The summed E-state index contributed by atoms with van der Waals surface area (Å²) in [6, 6.07) is 10.9. The minimum absolute atomic E-state index is 0.0744. The maximum Gasteiger partial charge on any atom is 0.416 e. The molecule has 180 valence electrons. The Morgan fingerprint density at radius 1 is 0.912 bits per heavy atom. The first-order chi connectivity index (χ1) is 16.2. The number of aliphatic hydroxyl groups is 1. The van der Waals surface area contributed by atoms with Crippen molar-refractivity contribution in [3.8, 4) is 0 Å². The Balaban J connectivity index is 1.30. The van der Waals surface area contributed by atoms with Crippen molar-refractivity contribution in [2.75, 3.05) is 49.1 Å². The van der Waals surface area contributed by atoms with Gasteiger partial charge in [0.2, 0.25) is 0 Å². The summed E-state index contributed by atoms with van der Waals surface area (Å²) >= 11 is 12.5. The van der Waals surface area contributed by atoms with Gasteiger partial charge in [0.25, 0.3) is 0 Å². The molecule has 2 atom stereocenters. The van der Waals surface area contributed by atoms with Crippen LogP contribution in [-0.2, 0) is 6.18 Å². The zero-order valence-electron chi connectivity index (χ0n) is 18.1. The van der Waals surface area contributed by atoms with E-state index in [4.69, 9.17) is 23.2 Å². The third kappa shape index (κ3) is 4.40. The van der Waals surface area contributed by atoms with Gasteiger partial charge in [0.05, 0.1) is 39.0 Å². The van der Waals surface area contributed by atoms with Gasteiger partial charge in [-0.2, -0.15) is 13.2 Å². The minimum Gasteiger partial charge on any atom is -0.390 e. The number of hydrogen-bond donors (Lipinski definition) is 1. The molecule has 0 bridgehead atoms. The van der Waals surface area contributed by atoms with Crippen molar-refractivity contribution >= 4 is 45.5 Å². The Hall–Kier alpha value is -2.26. The first-order valence-corrected chi connectivity index (χ1v) is 11.8. The van der Waals surface area contributed by atoms with E-state index in [1.807, 2.05) is 17.0 Å². The molecule has 2 aliphatic heterocycles. The lowest BCUT2D eigenvalue weighted by Gasteiger charge is -2.40. The number of β-amino-alcohol motifs (C(OH)–C–C–N with tert-alkyl or cyclic N) is 1. The quantitative estimate of drug-likeness (QED) is 0.540. The molecule has 5 nitrogen and oxygen atoms in total. The number of nitrogens with zero attached hydrogens (tertiary/aromatic N) is 4. The van der Waals surface area contributed by atoms with E-state index < -0.39 is 17.8 Å². The molecule has 0 spiro atoms. The zero-order chi connectivity index (χ0) is 24.0. The fraction of sp³-hybridized carbons (Fsp3) is 0.375. The summed E-state index contributed by atoms with van der Waals surface area (Å²) in [6.45, 7) is 4.00. The molecule has 2 aliphatic rings. The summed E-state index contributed by atoms with van der Waals surface area (Å²) in [7, 11) is 0. The third-order valence-electron chi connectivity index (χ3n) is 6.70. The summed E-state index contributed by atoms with van der Waals surface area (Å²) in [6.07, 6.45) is -3.47. The average Bonchev–Trinajstić information content (AvgIpc) is 3.21. The van der Waals surface area contributed by atoms with Gasteiger partial charge >= 0.3 is 6.18 Å². The van der Waals surface area contributed by atoms with Crippen molar-refractivity contribution in [3.05, 3.63) is 64.3 Å². The van der Waals surface area contributed by atoms with Crippen LogP contribution in [0.2, 0.25) is 10.0 Å². The molecule has 0 amide bonds. The third-order valence-corrected chi connectivity index (χ3v) is 7.51. The maximum atomic E-state index is 13.1. The number of rotatable bonds is 3. The number of fused-ring (bicyclic) bond motifs is 1. The van der Waals surface area contributed by atoms with Gasteiger partial charge in [0, 0.05) is 56.5 Å². The topological polar surface area (TPSA) is 42.8 Å². The summed E-state index contributed by atoms with van der Waals surface area (Å²) in [5.74, 6) is 0. The van der Waals surface area contributed by atoms with Crippen LogP contribution in [-0.4, -0.2) is 66.4 Å². The van der Waals surface area contributed by atoms with Crippen LogP contribution in [0.1, 0.15) is 5.56 Å². The molecule has 5 rings (SSSR count). The molecule has 0 radical (unpaired) electrons. The molecule has 1 aromatic heterocycles. The molecule has 3 aromatic rings. The molecule has 2 saturated heterocycles. The number of alkyl halides is 3. The van der Waals surface area contributed by atoms with Crippen LogP contribution in [0.3, 0.4) is 0 Å². The van der Waals surface area contributed by atoms with E-state index in [1.54, 1.807) is 12.1 Å². The summed E-state index contributed by atoms with van der Waals surface area (Å²) < 4.78 is 39.3. The molecule has 2 unspecified atom stereocenters. The number of halogens is 5. The van der Waals surface area contributed by atoms with Gasteiger partial charge in [-0.05, 0) is 30.3 Å². The van der Waals surface area contributed by atoms with Crippen LogP contribution >= 0.6 is 23.2 Å². The van der Waals surface area contributed by atoms with E-state index >= 15 is 0 Å². The van der Waals surface area contributed by atoms with Crippen molar-refractivity contribution in [2.24, 2.45) is 0 Å². The number of hydrogen-bond acceptors (Lipinski definition) is 5. The lowest BCUT2D eigenvalue weighted by atomic mass is 10.1.